The van der Waals surface area contributed by atoms with Gasteiger partial charge in [0.05, 0.1) is 0 Å². The molecule has 0 heterocycles. The first-order valence-electron chi connectivity index (χ1n) is 15.6. The molecule has 186 valence electrons. The standard InChI is InChI=1S/C30H37NO4/c1-18(32)30(35-19(2)33)15-14-27-25-12-8-21-16-23(34)11-13-24(21)28(25)26(17-29(27,30)3)20-6-9-22(10-7-20)31(4)5/h6-7,9-10,16,25-27H,8,11-15,17H2,1-5H3/t25-,26+,27-,29-,30-/m0/s1/i4D3,5D3. The van der Waals surface area contributed by atoms with E-state index in [1.54, 1.807) is 18.2 Å². The molecular formula is C30H37NO4. The van der Waals surface area contributed by atoms with Crippen LogP contribution in [0.2, 0.25) is 0 Å². The molecule has 2 saturated carbocycles. The third-order valence-electron chi connectivity index (χ3n) is 9.29. The van der Waals surface area contributed by atoms with E-state index in [4.69, 9.17) is 13.0 Å². The number of anilines is 1. The number of ketones is 2. The smallest absolute Gasteiger partial charge is 0.303 e. The second-order valence-electron chi connectivity index (χ2n) is 10.9. The second kappa shape index (κ2) is 8.46. The minimum Gasteiger partial charge on any atom is -0.451 e. The minimum absolute atomic E-state index is 0.0641. The zero-order valence-electron chi connectivity index (χ0n) is 26.6. The summed E-state index contributed by atoms with van der Waals surface area (Å²) in [7, 11) is 0. The van der Waals surface area contributed by atoms with Gasteiger partial charge in [0.25, 0.3) is 0 Å². The molecule has 0 saturated heterocycles. The maximum Gasteiger partial charge on any atom is 0.303 e. The van der Waals surface area contributed by atoms with Gasteiger partial charge in [-0.1, -0.05) is 24.6 Å². The molecule has 4 aliphatic carbocycles. The lowest BCUT2D eigenvalue weighted by Crippen LogP contribution is -2.57. The van der Waals surface area contributed by atoms with Crippen LogP contribution in [0.25, 0.3) is 0 Å². The van der Waals surface area contributed by atoms with Gasteiger partial charge in [0.1, 0.15) is 0 Å². The van der Waals surface area contributed by atoms with E-state index in [1.165, 1.54) is 37.1 Å². The van der Waals surface area contributed by atoms with E-state index in [1.807, 2.05) is 0 Å². The topological polar surface area (TPSA) is 63.7 Å². The van der Waals surface area contributed by atoms with Crippen LogP contribution in [0.5, 0.6) is 0 Å². The second-order valence-corrected chi connectivity index (χ2v) is 10.9. The Labute approximate surface area is 217 Å². The van der Waals surface area contributed by atoms with E-state index in [0.717, 1.165) is 30.4 Å². The fourth-order valence-electron chi connectivity index (χ4n) is 7.87. The number of esters is 1. The van der Waals surface area contributed by atoms with Crippen LogP contribution in [0.15, 0.2) is 47.1 Å². The van der Waals surface area contributed by atoms with Crippen molar-refractivity contribution in [1.29, 1.82) is 0 Å². The summed E-state index contributed by atoms with van der Waals surface area (Å²) in [6.45, 7) is -0.812. The Morgan fingerprint density at radius 2 is 1.83 bits per heavy atom. The van der Waals surface area contributed by atoms with Crippen LogP contribution in [0.4, 0.5) is 5.69 Å². The summed E-state index contributed by atoms with van der Waals surface area (Å²) in [6.07, 6.45) is 6.22. The molecule has 4 aliphatic rings. The van der Waals surface area contributed by atoms with Crippen molar-refractivity contribution in [2.24, 2.45) is 17.3 Å². The number of rotatable bonds is 4. The van der Waals surface area contributed by atoms with Gasteiger partial charge in [0.2, 0.25) is 0 Å². The third kappa shape index (κ3) is 3.61. The lowest BCUT2D eigenvalue weighted by atomic mass is 9.50. The molecule has 5 nitrogen and oxygen atoms in total. The number of hydrogen-bond acceptors (Lipinski definition) is 5. The molecule has 0 amide bonds. The van der Waals surface area contributed by atoms with E-state index >= 15 is 0 Å². The molecule has 5 atom stereocenters. The molecular weight excluding hydrogens is 438 g/mol. The first-order valence-corrected chi connectivity index (χ1v) is 12.6. The van der Waals surface area contributed by atoms with E-state index in [0.29, 0.717) is 30.6 Å². The van der Waals surface area contributed by atoms with Gasteiger partial charge in [-0.3, -0.25) is 14.4 Å². The Morgan fingerprint density at radius 3 is 2.49 bits per heavy atom. The van der Waals surface area contributed by atoms with Crippen molar-refractivity contribution in [3.05, 3.63) is 52.6 Å². The van der Waals surface area contributed by atoms with Crippen LogP contribution < -0.4 is 4.90 Å². The summed E-state index contributed by atoms with van der Waals surface area (Å²) in [5.74, 6) is -0.440. The molecule has 0 aromatic heterocycles. The highest BCUT2D eigenvalue weighted by Gasteiger charge is 2.67. The molecule has 2 fully saturated rings. The molecule has 0 radical (unpaired) electrons. The number of Topliss-reactive ketones (excluding diaryl/α,β-unsaturated/α-hetero) is 1. The maximum absolute atomic E-state index is 13.3. The summed E-state index contributed by atoms with van der Waals surface area (Å²) in [4.78, 5) is 38.4. The monoisotopic (exact) mass is 481 g/mol. The van der Waals surface area contributed by atoms with Crippen molar-refractivity contribution >= 4 is 23.2 Å². The fraction of sp³-hybridized carbons (Fsp3) is 0.567. The van der Waals surface area contributed by atoms with Crippen LogP contribution in [-0.4, -0.2) is 37.1 Å². The highest BCUT2D eigenvalue weighted by molar-refractivity contribution is 5.93. The Balaban J connectivity index is 1.66. The predicted molar refractivity (Wildman–Crippen MR) is 136 cm³/mol. The van der Waals surface area contributed by atoms with Gasteiger partial charge >= 0.3 is 5.97 Å². The van der Waals surface area contributed by atoms with Gasteiger partial charge in [-0.05, 0) is 92.2 Å². The van der Waals surface area contributed by atoms with Crippen molar-refractivity contribution in [2.45, 2.75) is 77.2 Å². The molecule has 0 spiro atoms. The molecule has 0 aliphatic heterocycles. The quantitative estimate of drug-likeness (QED) is 0.528. The molecule has 5 heteroatoms. The van der Waals surface area contributed by atoms with Gasteiger partial charge in [-0.2, -0.15) is 0 Å². The number of nitrogens with zero attached hydrogens (tertiary/aromatic N) is 1. The zero-order valence-corrected chi connectivity index (χ0v) is 20.6. The zero-order chi connectivity index (χ0) is 30.1. The number of carbonyl (C=O) groups excluding carboxylic acids is 3. The summed E-state index contributed by atoms with van der Waals surface area (Å²) in [5.41, 5.74) is 2.60. The SMILES string of the molecule is [2H]C([2H])([2H])N(c1ccc([C@H]2C[C@@]3(C)[C@@H](CC[C@]3(OC(C)=O)C(C)=O)[C@@H]3CCC4=CC(=O)CCC4=C32)cc1)C([2H])([2H])[2H]. The van der Waals surface area contributed by atoms with E-state index in [2.05, 4.69) is 6.92 Å². The van der Waals surface area contributed by atoms with Crippen molar-refractivity contribution in [3.63, 3.8) is 0 Å². The first-order chi connectivity index (χ1) is 19.0. The molecule has 1 aromatic rings. The Bertz CT molecular complexity index is 1330. The normalized spacial score (nSPS) is 37.2. The highest BCUT2D eigenvalue weighted by Crippen LogP contribution is 2.67. The lowest BCUT2D eigenvalue weighted by Gasteiger charge is -2.55. The number of fused-ring (bicyclic) bond motifs is 4. The average molecular weight is 482 g/mol. The van der Waals surface area contributed by atoms with Crippen LogP contribution in [0, 0.1) is 17.3 Å². The third-order valence-corrected chi connectivity index (χ3v) is 9.29. The van der Waals surface area contributed by atoms with Gasteiger partial charge in [-0.15, -0.1) is 0 Å². The van der Waals surface area contributed by atoms with Crippen LogP contribution in [-0.2, 0) is 19.1 Å². The average Bonchev–Trinajstić information content (AvgIpc) is 3.14. The molecule has 35 heavy (non-hydrogen) atoms. The van der Waals surface area contributed by atoms with Crippen LogP contribution in [0.1, 0.15) is 85.4 Å². The summed E-state index contributed by atoms with van der Waals surface area (Å²) in [6, 6.07) is 6.62. The van der Waals surface area contributed by atoms with E-state index < -0.39 is 30.9 Å². The number of benzene rings is 1. The van der Waals surface area contributed by atoms with Crippen molar-refractivity contribution < 1.29 is 27.3 Å². The Hall–Kier alpha value is -2.69. The van der Waals surface area contributed by atoms with Gasteiger partial charge in [0.15, 0.2) is 17.2 Å². The number of hydrogen-bond donors (Lipinski definition) is 0. The number of allylic oxidation sites excluding steroid dienone is 4. The molecule has 1 aromatic carbocycles. The van der Waals surface area contributed by atoms with Crippen molar-refractivity contribution in [1.82, 2.24) is 0 Å². The summed E-state index contributed by atoms with van der Waals surface area (Å²) < 4.78 is 52.8. The highest BCUT2D eigenvalue weighted by atomic mass is 16.6. The predicted octanol–water partition coefficient (Wildman–Crippen LogP) is 5.54. The Kier molecular flexibility index (Phi) is 4.28. The van der Waals surface area contributed by atoms with Gasteiger partial charge < -0.3 is 9.64 Å². The number of ether oxygens (including phenoxy) is 1. The van der Waals surface area contributed by atoms with Crippen LogP contribution in [0.3, 0.4) is 0 Å². The first kappa shape index (κ1) is 17.7. The molecule has 0 N–H and O–H groups in total. The van der Waals surface area contributed by atoms with E-state index in [9.17, 15) is 14.4 Å². The minimum atomic E-state index is -2.86. The maximum atomic E-state index is 13.3. The van der Waals surface area contributed by atoms with Crippen molar-refractivity contribution in [3.8, 4) is 0 Å². The van der Waals surface area contributed by atoms with E-state index in [-0.39, 0.29) is 35.0 Å². The number of carbonyl (C=O) groups is 3. The molecule has 0 unspecified atom stereocenters. The van der Waals surface area contributed by atoms with Gasteiger partial charge in [-0.25, -0.2) is 0 Å². The van der Waals surface area contributed by atoms with Gasteiger partial charge in [0, 0.05) is 52.5 Å². The lowest BCUT2D eigenvalue weighted by molar-refractivity contribution is -0.182. The summed E-state index contributed by atoms with van der Waals surface area (Å²) in [5, 5.41) is 0. The molecule has 0 bridgehead atoms. The van der Waals surface area contributed by atoms with Crippen LogP contribution >= 0.6 is 0 Å². The fourth-order valence-corrected chi connectivity index (χ4v) is 7.87. The van der Waals surface area contributed by atoms with Crippen molar-refractivity contribution in [2.75, 3.05) is 18.9 Å². The molecule has 5 rings (SSSR count). The Morgan fingerprint density at radius 1 is 1.09 bits per heavy atom. The summed E-state index contributed by atoms with van der Waals surface area (Å²) >= 11 is 0. The largest absolute Gasteiger partial charge is 0.451 e.